The molecule has 1 rings (SSSR count). The van der Waals surface area contributed by atoms with E-state index in [4.69, 9.17) is 15.3 Å². The van der Waals surface area contributed by atoms with E-state index in [-0.39, 0.29) is 11.6 Å². The Morgan fingerprint density at radius 3 is 2.94 bits per heavy atom. The molecule has 0 aliphatic carbocycles. The number of hydrogen-bond donors (Lipinski definition) is 3. The number of hydrazine groups is 1. The number of nitrogens with zero attached hydrogens (tertiary/aromatic N) is 1. The van der Waals surface area contributed by atoms with Crippen molar-refractivity contribution in [2.45, 2.75) is 31.9 Å². The molecule has 94 valence electrons. The van der Waals surface area contributed by atoms with Crippen LogP contribution >= 0.6 is 0 Å². The molecule has 4 N–H and O–H groups in total. The van der Waals surface area contributed by atoms with Crippen molar-refractivity contribution in [2.24, 2.45) is 10.8 Å². The van der Waals surface area contributed by atoms with Gasteiger partial charge in [0.1, 0.15) is 0 Å². The SMILES string of the molecule is COCCN=C(NN)NC1(C)CCOC1C. The zero-order valence-corrected chi connectivity index (χ0v) is 10.2. The van der Waals surface area contributed by atoms with Crippen LogP contribution in [-0.4, -0.2) is 44.5 Å². The first-order chi connectivity index (χ1) is 7.62. The molecule has 6 heteroatoms. The van der Waals surface area contributed by atoms with E-state index in [1.165, 1.54) is 0 Å². The van der Waals surface area contributed by atoms with Crippen LogP contribution in [0.15, 0.2) is 4.99 Å². The maximum atomic E-state index is 5.53. The van der Waals surface area contributed by atoms with Gasteiger partial charge in [-0.1, -0.05) is 0 Å². The Kier molecular flexibility index (Phi) is 4.98. The Bertz CT molecular complexity index is 247. The van der Waals surface area contributed by atoms with E-state index in [1.54, 1.807) is 7.11 Å². The number of methoxy groups -OCH3 is 1. The maximum Gasteiger partial charge on any atom is 0.206 e. The van der Waals surface area contributed by atoms with Crippen LogP contribution in [0.25, 0.3) is 0 Å². The molecule has 0 bridgehead atoms. The fourth-order valence-electron chi connectivity index (χ4n) is 1.64. The standard InChI is InChI=1S/C10H22N4O2/c1-8-10(2,4-6-16-8)13-9(14-11)12-5-7-15-3/h8H,4-7,11H2,1-3H3,(H2,12,13,14). The number of aliphatic imine (C=N–C) groups is 1. The lowest BCUT2D eigenvalue weighted by Gasteiger charge is -2.30. The van der Waals surface area contributed by atoms with Crippen LogP contribution in [0.1, 0.15) is 20.3 Å². The molecular formula is C10H22N4O2. The number of guanidine groups is 1. The van der Waals surface area contributed by atoms with E-state index in [1.807, 2.05) is 6.92 Å². The second kappa shape index (κ2) is 6.03. The molecule has 0 aromatic heterocycles. The first kappa shape index (κ1) is 13.2. The monoisotopic (exact) mass is 230 g/mol. The Labute approximate surface area is 96.6 Å². The fraction of sp³-hybridized carbons (Fsp3) is 0.900. The first-order valence-electron chi connectivity index (χ1n) is 5.52. The van der Waals surface area contributed by atoms with E-state index in [0.717, 1.165) is 13.0 Å². The summed E-state index contributed by atoms with van der Waals surface area (Å²) in [6, 6.07) is 0. The van der Waals surface area contributed by atoms with Crippen molar-refractivity contribution in [3.8, 4) is 0 Å². The van der Waals surface area contributed by atoms with Crippen molar-refractivity contribution >= 4 is 5.96 Å². The van der Waals surface area contributed by atoms with Crippen LogP contribution in [-0.2, 0) is 9.47 Å². The topological polar surface area (TPSA) is 80.9 Å². The van der Waals surface area contributed by atoms with Crippen molar-refractivity contribution in [1.29, 1.82) is 0 Å². The molecule has 0 radical (unpaired) electrons. The van der Waals surface area contributed by atoms with Gasteiger partial charge >= 0.3 is 0 Å². The number of rotatable bonds is 4. The van der Waals surface area contributed by atoms with Crippen molar-refractivity contribution in [1.82, 2.24) is 10.7 Å². The number of ether oxygens (including phenoxy) is 2. The molecule has 2 unspecified atom stereocenters. The Morgan fingerprint density at radius 2 is 2.44 bits per heavy atom. The lowest BCUT2D eigenvalue weighted by molar-refractivity contribution is 0.0944. The van der Waals surface area contributed by atoms with E-state index < -0.39 is 0 Å². The largest absolute Gasteiger partial charge is 0.383 e. The van der Waals surface area contributed by atoms with Gasteiger partial charge in [-0.15, -0.1) is 0 Å². The highest BCUT2D eigenvalue weighted by Crippen LogP contribution is 2.24. The molecule has 6 nitrogen and oxygen atoms in total. The van der Waals surface area contributed by atoms with E-state index >= 15 is 0 Å². The van der Waals surface area contributed by atoms with Crippen LogP contribution in [0.5, 0.6) is 0 Å². The summed E-state index contributed by atoms with van der Waals surface area (Å²) in [6.07, 6.45) is 1.09. The zero-order chi connectivity index (χ0) is 12.0. The molecule has 0 spiro atoms. The molecule has 2 atom stereocenters. The number of hydrogen-bond acceptors (Lipinski definition) is 4. The average Bonchev–Trinajstić information content (AvgIpc) is 2.58. The minimum absolute atomic E-state index is 0.113. The maximum absolute atomic E-state index is 5.53. The highest BCUT2D eigenvalue weighted by Gasteiger charge is 2.37. The second-order valence-corrected chi connectivity index (χ2v) is 4.17. The van der Waals surface area contributed by atoms with E-state index in [2.05, 4.69) is 22.7 Å². The van der Waals surface area contributed by atoms with Gasteiger partial charge in [-0.3, -0.25) is 5.43 Å². The predicted octanol–water partition coefficient (Wildman–Crippen LogP) is -0.391. The van der Waals surface area contributed by atoms with E-state index in [0.29, 0.717) is 19.1 Å². The van der Waals surface area contributed by atoms with Gasteiger partial charge in [-0.2, -0.15) is 0 Å². The molecule has 0 aromatic carbocycles. The van der Waals surface area contributed by atoms with Crippen LogP contribution in [0.3, 0.4) is 0 Å². The molecular weight excluding hydrogens is 208 g/mol. The summed E-state index contributed by atoms with van der Waals surface area (Å²) in [7, 11) is 1.65. The van der Waals surface area contributed by atoms with Crippen LogP contribution in [0.2, 0.25) is 0 Å². The van der Waals surface area contributed by atoms with Crippen LogP contribution < -0.4 is 16.6 Å². The minimum Gasteiger partial charge on any atom is -0.383 e. The molecule has 16 heavy (non-hydrogen) atoms. The first-order valence-corrected chi connectivity index (χ1v) is 5.52. The van der Waals surface area contributed by atoms with Crippen molar-refractivity contribution in [3.63, 3.8) is 0 Å². The third-order valence-corrected chi connectivity index (χ3v) is 2.99. The Hall–Kier alpha value is -0.850. The lowest BCUT2D eigenvalue weighted by atomic mass is 9.95. The van der Waals surface area contributed by atoms with Gasteiger partial charge < -0.3 is 14.8 Å². The van der Waals surface area contributed by atoms with Crippen LogP contribution in [0.4, 0.5) is 0 Å². The number of nitrogens with two attached hydrogens (primary N) is 1. The lowest BCUT2D eigenvalue weighted by Crippen LogP contribution is -2.56. The molecule has 1 aliphatic rings. The van der Waals surface area contributed by atoms with Gasteiger partial charge in [-0.05, 0) is 20.3 Å². The van der Waals surface area contributed by atoms with Gasteiger partial charge in [0, 0.05) is 13.7 Å². The van der Waals surface area contributed by atoms with Gasteiger partial charge in [0.15, 0.2) is 0 Å². The smallest absolute Gasteiger partial charge is 0.206 e. The molecule has 1 fully saturated rings. The minimum atomic E-state index is -0.113. The average molecular weight is 230 g/mol. The van der Waals surface area contributed by atoms with Gasteiger partial charge in [0.2, 0.25) is 5.96 Å². The summed E-state index contributed by atoms with van der Waals surface area (Å²) in [5, 5.41) is 3.28. The predicted molar refractivity (Wildman–Crippen MR) is 63.1 cm³/mol. The normalized spacial score (nSPS) is 30.5. The van der Waals surface area contributed by atoms with Crippen molar-refractivity contribution < 1.29 is 9.47 Å². The highest BCUT2D eigenvalue weighted by molar-refractivity contribution is 5.80. The second-order valence-electron chi connectivity index (χ2n) is 4.17. The molecule has 0 saturated carbocycles. The van der Waals surface area contributed by atoms with Crippen molar-refractivity contribution in [2.75, 3.05) is 26.9 Å². The summed E-state index contributed by atoms with van der Waals surface area (Å²) in [6.45, 7) is 6.07. The summed E-state index contributed by atoms with van der Waals surface area (Å²) in [5.74, 6) is 5.99. The number of nitrogens with one attached hydrogen (secondary N) is 2. The molecule has 1 aliphatic heterocycles. The van der Waals surface area contributed by atoms with Gasteiger partial charge in [-0.25, -0.2) is 10.8 Å². The van der Waals surface area contributed by atoms with Crippen molar-refractivity contribution in [3.05, 3.63) is 0 Å². The summed E-state index contributed by atoms with van der Waals surface area (Å²) >= 11 is 0. The van der Waals surface area contributed by atoms with Gasteiger partial charge in [0.25, 0.3) is 0 Å². The molecule has 0 amide bonds. The third-order valence-electron chi connectivity index (χ3n) is 2.99. The molecule has 0 aromatic rings. The third kappa shape index (κ3) is 3.33. The Balaban J connectivity index is 2.51. The summed E-state index contributed by atoms with van der Waals surface area (Å²) < 4.78 is 10.5. The molecule has 1 saturated heterocycles. The molecule has 1 heterocycles. The van der Waals surface area contributed by atoms with Gasteiger partial charge in [0.05, 0.1) is 24.8 Å². The zero-order valence-electron chi connectivity index (χ0n) is 10.2. The van der Waals surface area contributed by atoms with E-state index in [9.17, 15) is 0 Å². The van der Waals surface area contributed by atoms with Crippen LogP contribution in [0, 0.1) is 0 Å². The summed E-state index contributed by atoms with van der Waals surface area (Å²) in [4.78, 5) is 4.26. The fourth-order valence-corrected chi connectivity index (χ4v) is 1.64. The quantitative estimate of drug-likeness (QED) is 0.201. The summed E-state index contributed by atoms with van der Waals surface area (Å²) in [5.41, 5.74) is 2.45. The Morgan fingerprint density at radius 1 is 1.69 bits per heavy atom. The highest BCUT2D eigenvalue weighted by atomic mass is 16.5.